The summed E-state index contributed by atoms with van der Waals surface area (Å²) in [7, 11) is 3.29. The average molecular weight is 526 g/mol. The van der Waals surface area contributed by atoms with E-state index < -0.39 is 0 Å². The molecule has 0 saturated heterocycles. The van der Waals surface area contributed by atoms with Crippen molar-refractivity contribution in [1.82, 2.24) is 0 Å². The van der Waals surface area contributed by atoms with E-state index in [-0.39, 0.29) is 4.83 Å². The lowest BCUT2D eigenvalue weighted by Gasteiger charge is -2.18. The standard InChI is InChI=1S/C16H15Br2IO2/c1-9-5-4-6-10(16(9)19)15(18)11-7-13(20-2)14(21-3)8-12(11)17/h4-8,15H,1-3H3. The molecular formula is C16H15Br2IO2. The van der Waals surface area contributed by atoms with Crippen molar-refractivity contribution < 1.29 is 9.47 Å². The van der Waals surface area contributed by atoms with Gasteiger partial charge in [0.15, 0.2) is 11.5 Å². The first-order valence-electron chi connectivity index (χ1n) is 6.30. The van der Waals surface area contributed by atoms with Gasteiger partial charge in [-0.15, -0.1) is 0 Å². The predicted molar refractivity (Wildman–Crippen MR) is 102 cm³/mol. The van der Waals surface area contributed by atoms with E-state index in [9.17, 15) is 0 Å². The number of methoxy groups -OCH3 is 2. The lowest BCUT2D eigenvalue weighted by atomic mass is 10.0. The van der Waals surface area contributed by atoms with E-state index in [0.717, 1.165) is 15.8 Å². The van der Waals surface area contributed by atoms with Gasteiger partial charge in [-0.1, -0.05) is 50.1 Å². The van der Waals surface area contributed by atoms with E-state index in [4.69, 9.17) is 9.47 Å². The third-order valence-electron chi connectivity index (χ3n) is 3.27. The quantitative estimate of drug-likeness (QED) is 0.367. The molecule has 0 aromatic heterocycles. The highest BCUT2D eigenvalue weighted by molar-refractivity contribution is 14.1. The van der Waals surface area contributed by atoms with Gasteiger partial charge in [0.1, 0.15) is 0 Å². The normalized spacial score (nSPS) is 12.1. The summed E-state index contributed by atoms with van der Waals surface area (Å²) < 4.78 is 13.0. The molecule has 2 aromatic rings. The highest BCUT2D eigenvalue weighted by Gasteiger charge is 2.19. The monoisotopic (exact) mass is 524 g/mol. The fourth-order valence-electron chi connectivity index (χ4n) is 2.10. The molecule has 0 saturated carbocycles. The van der Waals surface area contributed by atoms with E-state index in [1.54, 1.807) is 14.2 Å². The summed E-state index contributed by atoms with van der Waals surface area (Å²) in [5, 5.41) is 0. The van der Waals surface area contributed by atoms with Crippen LogP contribution in [0.25, 0.3) is 0 Å². The first kappa shape index (κ1) is 17.1. The van der Waals surface area contributed by atoms with Crippen molar-refractivity contribution in [1.29, 1.82) is 0 Å². The van der Waals surface area contributed by atoms with E-state index in [0.29, 0.717) is 5.75 Å². The maximum atomic E-state index is 5.40. The van der Waals surface area contributed by atoms with E-state index in [1.165, 1.54) is 14.7 Å². The van der Waals surface area contributed by atoms with Crippen molar-refractivity contribution in [2.45, 2.75) is 11.8 Å². The molecule has 0 spiro atoms. The number of hydrogen-bond acceptors (Lipinski definition) is 2. The van der Waals surface area contributed by atoms with Crippen LogP contribution >= 0.6 is 54.5 Å². The SMILES string of the molecule is COc1cc(Br)c(C(Br)c2cccc(C)c2I)cc1OC. The molecule has 112 valence electrons. The van der Waals surface area contributed by atoms with Crippen molar-refractivity contribution >= 4 is 54.5 Å². The molecule has 0 amide bonds. The summed E-state index contributed by atoms with van der Waals surface area (Å²) in [5.41, 5.74) is 3.62. The molecule has 21 heavy (non-hydrogen) atoms. The lowest BCUT2D eigenvalue weighted by Crippen LogP contribution is -2.00. The fraction of sp³-hybridized carbons (Fsp3) is 0.250. The fourth-order valence-corrected chi connectivity index (χ4v) is 4.82. The lowest BCUT2D eigenvalue weighted by molar-refractivity contribution is 0.354. The Morgan fingerprint density at radius 3 is 2.29 bits per heavy atom. The Kier molecular flexibility index (Phi) is 5.96. The van der Waals surface area contributed by atoms with Crippen molar-refractivity contribution in [3.05, 3.63) is 55.1 Å². The Morgan fingerprint density at radius 1 is 1.05 bits per heavy atom. The van der Waals surface area contributed by atoms with E-state index in [1.807, 2.05) is 12.1 Å². The van der Waals surface area contributed by atoms with Crippen LogP contribution in [0, 0.1) is 10.5 Å². The summed E-state index contributed by atoms with van der Waals surface area (Å²) in [6, 6.07) is 10.3. The molecule has 0 aliphatic carbocycles. The molecule has 1 atom stereocenters. The van der Waals surface area contributed by atoms with Crippen molar-refractivity contribution in [2.24, 2.45) is 0 Å². The van der Waals surface area contributed by atoms with Gasteiger partial charge >= 0.3 is 0 Å². The van der Waals surface area contributed by atoms with Crippen LogP contribution in [0.2, 0.25) is 0 Å². The number of halogens is 3. The molecule has 5 heteroatoms. The Hall–Kier alpha value is -0.270. The van der Waals surface area contributed by atoms with Crippen LogP contribution in [0.15, 0.2) is 34.8 Å². The zero-order chi connectivity index (χ0) is 15.6. The maximum Gasteiger partial charge on any atom is 0.161 e. The van der Waals surface area contributed by atoms with Crippen LogP contribution in [0.4, 0.5) is 0 Å². The predicted octanol–water partition coefficient (Wildman–Crippen LogP) is 5.86. The van der Waals surface area contributed by atoms with Crippen molar-refractivity contribution in [3.63, 3.8) is 0 Å². The van der Waals surface area contributed by atoms with Crippen molar-refractivity contribution in [2.75, 3.05) is 14.2 Å². The van der Waals surface area contributed by atoms with Crippen LogP contribution in [0.1, 0.15) is 21.5 Å². The Bertz CT molecular complexity index is 659. The van der Waals surface area contributed by atoms with Gasteiger partial charge in [-0.05, 0) is 58.3 Å². The minimum atomic E-state index is 0.0819. The molecule has 0 bridgehead atoms. The number of ether oxygens (including phenoxy) is 2. The zero-order valence-corrected chi connectivity index (χ0v) is 17.2. The number of aryl methyl sites for hydroxylation is 1. The molecule has 2 nitrogen and oxygen atoms in total. The minimum absolute atomic E-state index is 0.0819. The van der Waals surface area contributed by atoms with Crippen molar-refractivity contribution in [3.8, 4) is 11.5 Å². The molecule has 1 unspecified atom stereocenters. The van der Waals surface area contributed by atoms with E-state index in [2.05, 4.69) is 79.6 Å². The third kappa shape index (κ3) is 3.56. The topological polar surface area (TPSA) is 18.5 Å². The molecule has 0 heterocycles. The highest BCUT2D eigenvalue weighted by atomic mass is 127. The molecule has 2 aromatic carbocycles. The summed E-state index contributed by atoms with van der Waals surface area (Å²) in [4.78, 5) is 0.0819. The Labute approximate surface area is 155 Å². The first-order chi connectivity index (χ1) is 9.99. The largest absolute Gasteiger partial charge is 0.493 e. The Balaban J connectivity index is 2.53. The van der Waals surface area contributed by atoms with Gasteiger partial charge in [-0.25, -0.2) is 0 Å². The smallest absolute Gasteiger partial charge is 0.161 e. The van der Waals surface area contributed by atoms with Gasteiger partial charge in [-0.3, -0.25) is 0 Å². The van der Waals surface area contributed by atoms with Gasteiger partial charge in [0.25, 0.3) is 0 Å². The molecule has 0 fully saturated rings. The van der Waals surface area contributed by atoms with Gasteiger partial charge in [0, 0.05) is 8.04 Å². The second kappa shape index (κ2) is 7.33. The second-order valence-corrected chi connectivity index (χ2v) is 7.42. The highest BCUT2D eigenvalue weighted by Crippen LogP contribution is 2.42. The van der Waals surface area contributed by atoms with Crippen LogP contribution in [-0.4, -0.2) is 14.2 Å². The number of hydrogen-bond donors (Lipinski definition) is 0. The number of benzene rings is 2. The summed E-state index contributed by atoms with van der Waals surface area (Å²) >= 11 is 9.82. The maximum absolute atomic E-state index is 5.40. The molecular weight excluding hydrogens is 511 g/mol. The van der Waals surface area contributed by atoms with Gasteiger partial charge < -0.3 is 9.47 Å². The number of rotatable bonds is 4. The average Bonchev–Trinajstić information content (AvgIpc) is 2.49. The molecule has 2 rings (SSSR count). The molecule has 0 radical (unpaired) electrons. The summed E-state index contributed by atoms with van der Waals surface area (Å²) in [6.45, 7) is 2.12. The minimum Gasteiger partial charge on any atom is -0.493 e. The number of alkyl halides is 1. The summed E-state index contributed by atoms with van der Waals surface area (Å²) in [5.74, 6) is 1.44. The Morgan fingerprint density at radius 2 is 1.67 bits per heavy atom. The van der Waals surface area contributed by atoms with Gasteiger partial charge in [-0.2, -0.15) is 0 Å². The summed E-state index contributed by atoms with van der Waals surface area (Å²) in [6.07, 6.45) is 0. The van der Waals surface area contributed by atoms with Gasteiger partial charge in [0.2, 0.25) is 0 Å². The van der Waals surface area contributed by atoms with Crippen LogP contribution in [0.3, 0.4) is 0 Å². The molecule has 0 aliphatic rings. The van der Waals surface area contributed by atoms with Crippen LogP contribution in [-0.2, 0) is 0 Å². The van der Waals surface area contributed by atoms with Crippen LogP contribution in [0.5, 0.6) is 11.5 Å². The zero-order valence-electron chi connectivity index (χ0n) is 11.9. The molecule has 0 aliphatic heterocycles. The van der Waals surface area contributed by atoms with Gasteiger partial charge in [0.05, 0.1) is 19.0 Å². The van der Waals surface area contributed by atoms with Crippen LogP contribution < -0.4 is 9.47 Å². The first-order valence-corrected chi connectivity index (χ1v) is 9.08. The third-order valence-corrected chi connectivity index (χ3v) is 6.42. The second-order valence-electron chi connectivity index (χ2n) is 4.57. The molecule has 0 N–H and O–H groups in total. The van der Waals surface area contributed by atoms with E-state index >= 15 is 0 Å².